The molecule has 0 unspecified atom stereocenters. The highest BCUT2D eigenvalue weighted by molar-refractivity contribution is 5.84. The summed E-state index contributed by atoms with van der Waals surface area (Å²) in [4.78, 5) is 4.57. The molecule has 0 aliphatic heterocycles. The molecular formula is C15H19NO. The smallest absolute Gasteiger partial charge is 0.126 e. The molecule has 1 N–H and O–H groups in total. The molecule has 2 rings (SSSR count). The van der Waals surface area contributed by atoms with Crippen molar-refractivity contribution in [2.75, 3.05) is 0 Å². The molecule has 0 spiro atoms. The van der Waals surface area contributed by atoms with E-state index < -0.39 is 0 Å². The molecule has 0 bridgehead atoms. The standard InChI is InChI=1S/C15H19NO/c1-2-3-4-5-8-12-11-15(17)13-9-6-7-10-14(13)16-12/h6-7,9-11H,2-5,8H2,1H3,(H,16,17). The Morgan fingerprint density at radius 3 is 2.76 bits per heavy atom. The maximum atomic E-state index is 9.91. The SMILES string of the molecule is CCCCCCc1cc(O)c2ccccc2n1. The second kappa shape index (κ2) is 5.67. The highest BCUT2D eigenvalue weighted by Gasteiger charge is 2.03. The average molecular weight is 229 g/mol. The third kappa shape index (κ3) is 2.96. The van der Waals surface area contributed by atoms with E-state index >= 15 is 0 Å². The van der Waals surface area contributed by atoms with Crippen LogP contribution >= 0.6 is 0 Å². The Balaban J connectivity index is 2.13. The van der Waals surface area contributed by atoms with Gasteiger partial charge in [-0.2, -0.15) is 0 Å². The maximum absolute atomic E-state index is 9.91. The Bertz CT molecular complexity index is 493. The molecule has 90 valence electrons. The fraction of sp³-hybridized carbons (Fsp3) is 0.400. The van der Waals surface area contributed by atoms with E-state index in [0.717, 1.165) is 29.4 Å². The van der Waals surface area contributed by atoms with Crippen molar-refractivity contribution in [2.24, 2.45) is 0 Å². The number of unbranched alkanes of at least 4 members (excludes halogenated alkanes) is 3. The van der Waals surface area contributed by atoms with Crippen LogP contribution in [0.2, 0.25) is 0 Å². The lowest BCUT2D eigenvalue weighted by atomic mass is 10.1. The first-order valence-electron chi connectivity index (χ1n) is 6.39. The van der Waals surface area contributed by atoms with Crippen LogP contribution < -0.4 is 0 Å². The number of pyridine rings is 1. The number of aromatic hydroxyl groups is 1. The van der Waals surface area contributed by atoms with Gasteiger partial charge < -0.3 is 5.11 Å². The molecule has 1 aromatic heterocycles. The van der Waals surface area contributed by atoms with Gasteiger partial charge >= 0.3 is 0 Å². The number of aromatic nitrogens is 1. The Labute approximate surface area is 102 Å². The molecule has 0 radical (unpaired) electrons. The molecule has 1 heterocycles. The summed E-state index contributed by atoms with van der Waals surface area (Å²) >= 11 is 0. The summed E-state index contributed by atoms with van der Waals surface area (Å²) in [7, 11) is 0. The van der Waals surface area contributed by atoms with Gasteiger partial charge in [-0.05, 0) is 25.0 Å². The second-order valence-electron chi connectivity index (χ2n) is 4.46. The predicted molar refractivity (Wildman–Crippen MR) is 71.3 cm³/mol. The van der Waals surface area contributed by atoms with Crippen LogP contribution in [0.25, 0.3) is 10.9 Å². The lowest BCUT2D eigenvalue weighted by molar-refractivity contribution is 0.480. The first kappa shape index (κ1) is 11.9. The van der Waals surface area contributed by atoms with Crippen LogP contribution in [0.4, 0.5) is 0 Å². The number of hydrogen-bond donors (Lipinski definition) is 1. The minimum Gasteiger partial charge on any atom is -0.507 e. The second-order valence-corrected chi connectivity index (χ2v) is 4.46. The van der Waals surface area contributed by atoms with Gasteiger partial charge in [0.05, 0.1) is 5.52 Å². The van der Waals surface area contributed by atoms with Gasteiger partial charge in [-0.3, -0.25) is 4.98 Å². The molecule has 0 aliphatic carbocycles. The molecule has 2 nitrogen and oxygen atoms in total. The Morgan fingerprint density at radius 1 is 1.12 bits per heavy atom. The van der Waals surface area contributed by atoms with Crippen LogP contribution in [0.3, 0.4) is 0 Å². The van der Waals surface area contributed by atoms with E-state index in [0.29, 0.717) is 5.75 Å². The minimum absolute atomic E-state index is 0.348. The average Bonchev–Trinajstić information content (AvgIpc) is 2.35. The lowest BCUT2D eigenvalue weighted by Crippen LogP contribution is -1.91. The number of rotatable bonds is 5. The molecule has 0 saturated carbocycles. The van der Waals surface area contributed by atoms with E-state index in [1.54, 1.807) is 6.07 Å². The van der Waals surface area contributed by atoms with Gasteiger partial charge in [0.25, 0.3) is 0 Å². The number of nitrogens with zero attached hydrogens (tertiary/aromatic N) is 1. The van der Waals surface area contributed by atoms with E-state index in [2.05, 4.69) is 11.9 Å². The van der Waals surface area contributed by atoms with E-state index in [-0.39, 0.29) is 0 Å². The Hall–Kier alpha value is -1.57. The first-order valence-corrected chi connectivity index (χ1v) is 6.39. The molecule has 1 aromatic carbocycles. The number of benzene rings is 1. The molecule has 0 fully saturated rings. The van der Waals surface area contributed by atoms with Gasteiger partial charge in [0, 0.05) is 17.1 Å². The monoisotopic (exact) mass is 229 g/mol. The van der Waals surface area contributed by atoms with Crippen molar-refractivity contribution >= 4 is 10.9 Å². The molecule has 17 heavy (non-hydrogen) atoms. The van der Waals surface area contributed by atoms with Crippen molar-refractivity contribution < 1.29 is 5.11 Å². The predicted octanol–water partition coefficient (Wildman–Crippen LogP) is 4.06. The third-order valence-corrected chi connectivity index (χ3v) is 3.03. The summed E-state index contributed by atoms with van der Waals surface area (Å²) in [6.45, 7) is 2.21. The van der Waals surface area contributed by atoms with Crippen molar-refractivity contribution in [3.8, 4) is 5.75 Å². The molecule has 0 atom stereocenters. The van der Waals surface area contributed by atoms with Crippen molar-refractivity contribution in [2.45, 2.75) is 39.0 Å². The van der Waals surface area contributed by atoms with Crippen molar-refractivity contribution in [1.82, 2.24) is 4.98 Å². The van der Waals surface area contributed by atoms with Gasteiger partial charge in [0.15, 0.2) is 0 Å². The zero-order chi connectivity index (χ0) is 12.1. The highest BCUT2D eigenvalue weighted by atomic mass is 16.3. The van der Waals surface area contributed by atoms with Gasteiger partial charge in [-0.1, -0.05) is 38.3 Å². The summed E-state index contributed by atoms with van der Waals surface area (Å²) in [6.07, 6.45) is 5.87. The van der Waals surface area contributed by atoms with Crippen LogP contribution in [-0.2, 0) is 6.42 Å². The molecule has 0 saturated heterocycles. The summed E-state index contributed by atoms with van der Waals surface area (Å²) in [5.74, 6) is 0.348. The van der Waals surface area contributed by atoms with Crippen LogP contribution in [0.15, 0.2) is 30.3 Å². The van der Waals surface area contributed by atoms with Gasteiger partial charge in [0.1, 0.15) is 5.75 Å². The number of fused-ring (bicyclic) bond motifs is 1. The third-order valence-electron chi connectivity index (χ3n) is 3.03. The fourth-order valence-corrected chi connectivity index (χ4v) is 2.07. The molecule has 0 amide bonds. The van der Waals surface area contributed by atoms with E-state index in [1.807, 2.05) is 24.3 Å². The normalized spacial score (nSPS) is 10.9. The topological polar surface area (TPSA) is 33.1 Å². The largest absolute Gasteiger partial charge is 0.507 e. The first-order chi connectivity index (χ1) is 8.31. The zero-order valence-corrected chi connectivity index (χ0v) is 10.3. The van der Waals surface area contributed by atoms with Crippen LogP contribution in [-0.4, -0.2) is 10.1 Å². The minimum atomic E-state index is 0.348. The highest BCUT2D eigenvalue weighted by Crippen LogP contribution is 2.24. The van der Waals surface area contributed by atoms with Crippen molar-refractivity contribution in [3.63, 3.8) is 0 Å². The zero-order valence-electron chi connectivity index (χ0n) is 10.3. The summed E-state index contributed by atoms with van der Waals surface area (Å²) in [5, 5.41) is 10.8. The Morgan fingerprint density at radius 2 is 1.94 bits per heavy atom. The number of aryl methyl sites for hydroxylation is 1. The van der Waals surface area contributed by atoms with Gasteiger partial charge in [-0.15, -0.1) is 0 Å². The lowest BCUT2D eigenvalue weighted by Gasteiger charge is -2.05. The van der Waals surface area contributed by atoms with E-state index in [4.69, 9.17) is 0 Å². The molecule has 2 aromatic rings. The van der Waals surface area contributed by atoms with Gasteiger partial charge in [0.2, 0.25) is 0 Å². The summed E-state index contributed by atoms with van der Waals surface area (Å²) in [6, 6.07) is 9.53. The Kier molecular flexibility index (Phi) is 3.97. The van der Waals surface area contributed by atoms with E-state index in [9.17, 15) is 5.11 Å². The molecule has 0 aliphatic rings. The van der Waals surface area contributed by atoms with Crippen molar-refractivity contribution in [3.05, 3.63) is 36.0 Å². The van der Waals surface area contributed by atoms with Crippen LogP contribution in [0, 0.1) is 0 Å². The van der Waals surface area contributed by atoms with Crippen molar-refractivity contribution in [1.29, 1.82) is 0 Å². The quantitative estimate of drug-likeness (QED) is 0.784. The van der Waals surface area contributed by atoms with Crippen LogP contribution in [0.5, 0.6) is 5.75 Å². The molecular weight excluding hydrogens is 210 g/mol. The van der Waals surface area contributed by atoms with Crippen LogP contribution in [0.1, 0.15) is 38.3 Å². The number of hydrogen-bond acceptors (Lipinski definition) is 2. The fourth-order valence-electron chi connectivity index (χ4n) is 2.07. The van der Waals surface area contributed by atoms with E-state index in [1.165, 1.54) is 19.3 Å². The van der Waals surface area contributed by atoms with Gasteiger partial charge in [-0.25, -0.2) is 0 Å². The maximum Gasteiger partial charge on any atom is 0.126 e. The number of para-hydroxylation sites is 1. The summed E-state index contributed by atoms with van der Waals surface area (Å²) < 4.78 is 0. The molecule has 2 heteroatoms. The summed E-state index contributed by atoms with van der Waals surface area (Å²) in [5.41, 5.74) is 1.88.